The van der Waals surface area contributed by atoms with E-state index >= 15 is 0 Å². The highest BCUT2D eigenvalue weighted by Crippen LogP contribution is 2.14. The lowest BCUT2D eigenvalue weighted by molar-refractivity contribution is 0.322. The molecule has 124 valence electrons. The predicted molar refractivity (Wildman–Crippen MR) is 107 cm³/mol. The van der Waals surface area contributed by atoms with Crippen molar-refractivity contribution in [2.75, 3.05) is 20.2 Å². The SMILES string of the molecule is CN=C(NCCOc1ccccc1)NCc1ccccc1Cl.I. The number of ether oxygens (including phenoxy) is 1. The third-order valence-electron chi connectivity index (χ3n) is 3.03. The molecule has 0 aromatic heterocycles. The number of halogens is 2. The van der Waals surface area contributed by atoms with Crippen molar-refractivity contribution in [2.45, 2.75) is 6.54 Å². The van der Waals surface area contributed by atoms with Crippen LogP contribution in [0.1, 0.15) is 5.56 Å². The van der Waals surface area contributed by atoms with Gasteiger partial charge in [0.05, 0.1) is 6.54 Å². The van der Waals surface area contributed by atoms with E-state index in [1.807, 2.05) is 54.6 Å². The van der Waals surface area contributed by atoms with Crippen molar-refractivity contribution in [2.24, 2.45) is 4.99 Å². The van der Waals surface area contributed by atoms with Gasteiger partial charge >= 0.3 is 0 Å². The maximum Gasteiger partial charge on any atom is 0.191 e. The molecule has 0 aliphatic rings. The molecule has 0 radical (unpaired) electrons. The van der Waals surface area contributed by atoms with Gasteiger partial charge in [0.15, 0.2) is 5.96 Å². The molecule has 0 saturated carbocycles. The average molecular weight is 446 g/mol. The van der Waals surface area contributed by atoms with Crippen molar-refractivity contribution in [1.82, 2.24) is 10.6 Å². The maximum absolute atomic E-state index is 6.13. The lowest BCUT2D eigenvalue weighted by Crippen LogP contribution is -2.38. The molecule has 4 nitrogen and oxygen atoms in total. The number of rotatable bonds is 6. The molecule has 23 heavy (non-hydrogen) atoms. The van der Waals surface area contributed by atoms with Crippen molar-refractivity contribution in [3.63, 3.8) is 0 Å². The molecule has 2 N–H and O–H groups in total. The summed E-state index contributed by atoms with van der Waals surface area (Å²) in [5.74, 6) is 1.58. The smallest absolute Gasteiger partial charge is 0.191 e. The Labute approximate surface area is 159 Å². The molecular formula is C17H21ClIN3O. The van der Waals surface area contributed by atoms with Crippen LogP contribution in [0.2, 0.25) is 5.02 Å². The molecule has 0 fully saturated rings. The number of para-hydroxylation sites is 1. The molecule has 0 saturated heterocycles. The van der Waals surface area contributed by atoms with Gasteiger partial charge in [-0.25, -0.2) is 0 Å². The van der Waals surface area contributed by atoms with Crippen LogP contribution in [0.25, 0.3) is 0 Å². The van der Waals surface area contributed by atoms with Crippen LogP contribution in [0.4, 0.5) is 0 Å². The van der Waals surface area contributed by atoms with Crippen molar-refractivity contribution in [3.8, 4) is 5.75 Å². The van der Waals surface area contributed by atoms with E-state index in [-0.39, 0.29) is 24.0 Å². The normalized spacial score (nSPS) is 10.6. The quantitative estimate of drug-likeness (QED) is 0.308. The second-order valence-corrected chi connectivity index (χ2v) is 5.01. The minimum absolute atomic E-state index is 0. The van der Waals surface area contributed by atoms with Crippen LogP contribution < -0.4 is 15.4 Å². The van der Waals surface area contributed by atoms with Crippen molar-refractivity contribution >= 4 is 41.5 Å². The summed E-state index contributed by atoms with van der Waals surface area (Å²) in [6, 6.07) is 17.5. The molecule has 2 aromatic rings. The fraction of sp³-hybridized carbons (Fsp3) is 0.235. The monoisotopic (exact) mass is 445 g/mol. The fourth-order valence-electron chi connectivity index (χ4n) is 1.90. The Morgan fingerprint density at radius 2 is 1.74 bits per heavy atom. The number of nitrogens with one attached hydrogen (secondary N) is 2. The summed E-state index contributed by atoms with van der Waals surface area (Å²) < 4.78 is 5.62. The van der Waals surface area contributed by atoms with Gasteiger partial charge in [-0.3, -0.25) is 4.99 Å². The Morgan fingerprint density at radius 1 is 1.04 bits per heavy atom. The van der Waals surface area contributed by atoms with Gasteiger partial charge in [-0.05, 0) is 23.8 Å². The zero-order valence-electron chi connectivity index (χ0n) is 13.0. The van der Waals surface area contributed by atoms with E-state index in [0.717, 1.165) is 22.3 Å². The van der Waals surface area contributed by atoms with Crippen molar-refractivity contribution in [3.05, 3.63) is 65.2 Å². The zero-order chi connectivity index (χ0) is 15.6. The Bertz CT molecular complexity index is 608. The van der Waals surface area contributed by atoms with Gasteiger partial charge in [0, 0.05) is 18.6 Å². The predicted octanol–water partition coefficient (Wildman–Crippen LogP) is 3.70. The number of hydrogen-bond donors (Lipinski definition) is 2. The molecule has 2 rings (SSSR count). The van der Waals surface area contributed by atoms with Crippen LogP contribution in [0.5, 0.6) is 5.75 Å². The number of aliphatic imine (C=N–C) groups is 1. The summed E-state index contributed by atoms with van der Waals surface area (Å²) in [4.78, 5) is 4.17. The van der Waals surface area contributed by atoms with E-state index in [0.29, 0.717) is 19.7 Å². The van der Waals surface area contributed by atoms with E-state index in [1.165, 1.54) is 0 Å². The van der Waals surface area contributed by atoms with Crippen LogP contribution in [-0.2, 0) is 6.54 Å². The number of hydrogen-bond acceptors (Lipinski definition) is 2. The van der Waals surface area contributed by atoms with Gasteiger partial charge in [0.2, 0.25) is 0 Å². The molecule has 0 unspecified atom stereocenters. The van der Waals surface area contributed by atoms with Crippen LogP contribution in [-0.4, -0.2) is 26.2 Å². The lowest BCUT2D eigenvalue weighted by atomic mass is 10.2. The van der Waals surface area contributed by atoms with Gasteiger partial charge in [-0.2, -0.15) is 0 Å². The Morgan fingerprint density at radius 3 is 2.43 bits per heavy atom. The molecule has 0 bridgehead atoms. The Balaban J connectivity index is 0.00000264. The van der Waals surface area contributed by atoms with E-state index < -0.39 is 0 Å². The first kappa shape index (κ1) is 19.6. The molecule has 0 aliphatic heterocycles. The van der Waals surface area contributed by atoms with Crippen LogP contribution >= 0.6 is 35.6 Å². The summed E-state index contributed by atoms with van der Waals surface area (Å²) in [5, 5.41) is 7.17. The number of nitrogens with zero attached hydrogens (tertiary/aromatic N) is 1. The molecule has 6 heteroatoms. The van der Waals surface area contributed by atoms with E-state index in [2.05, 4.69) is 15.6 Å². The fourth-order valence-corrected chi connectivity index (χ4v) is 2.10. The van der Waals surface area contributed by atoms with Gasteiger partial charge < -0.3 is 15.4 Å². The summed E-state index contributed by atoms with van der Waals surface area (Å²) in [6.45, 7) is 1.85. The first-order valence-corrected chi connectivity index (χ1v) is 7.53. The van der Waals surface area contributed by atoms with E-state index in [9.17, 15) is 0 Å². The molecule has 0 spiro atoms. The highest BCUT2D eigenvalue weighted by molar-refractivity contribution is 14.0. The van der Waals surface area contributed by atoms with Gasteiger partial charge in [-0.1, -0.05) is 48.0 Å². The summed E-state index contributed by atoms with van der Waals surface area (Å²) in [7, 11) is 1.74. The minimum Gasteiger partial charge on any atom is -0.492 e. The minimum atomic E-state index is 0. The summed E-state index contributed by atoms with van der Waals surface area (Å²) in [5.41, 5.74) is 1.03. The van der Waals surface area contributed by atoms with E-state index in [4.69, 9.17) is 16.3 Å². The molecule has 0 atom stereocenters. The summed E-state index contributed by atoms with van der Waals surface area (Å²) >= 11 is 6.13. The molecule has 0 heterocycles. The first-order chi connectivity index (χ1) is 10.8. The largest absolute Gasteiger partial charge is 0.492 e. The van der Waals surface area contributed by atoms with Crippen molar-refractivity contribution < 1.29 is 4.74 Å². The molecular weight excluding hydrogens is 425 g/mol. The Kier molecular flexibility index (Phi) is 9.47. The molecule has 0 aliphatic carbocycles. The topological polar surface area (TPSA) is 45.7 Å². The van der Waals surface area contributed by atoms with Gasteiger partial charge in [-0.15, -0.1) is 24.0 Å². The first-order valence-electron chi connectivity index (χ1n) is 7.15. The average Bonchev–Trinajstić information content (AvgIpc) is 2.56. The highest BCUT2D eigenvalue weighted by Gasteiger charge is 2.01. The van der Waals surface area contributed by atoms with Crippen LogP contribution in [0.3, 0.4) is 0 Å². The van der Waals surface area contributed by atoms with Gasteiger partial charge in [0.1, 0.15) is 12.4 Å². The number of benzene rings is 2. The molecule has 2 aromatic carbocycles. The lowest BCUT2D eigenvalue weighted by Gasteiger charge is -2.13. The maximum atomic E-state index is 6.13. The number of guanidine groups is 1. The summed E-state index contributed by atoms with van der Waals surface area (Å²) in [6.07, 6.45) is 0. The van der Waals surface area contributed by atoms with Crippen LogP contribution in [0, 0.1) is 0 Å². The van der Waals surface area contributed by atoms with Gasteiger partial charge in [0.25, 0.3) is 0 Å². The Hall–Kier alpha value is -1.47. The molecule has 0 amide bonds. The standard InChI is InChI=1S/C17H20ClN3O.HI/c1-19-17(21-13-14-7-5-6-10-16(14)18)20-11-12-22-15-8-3-2-4-9-15;/h2-10H,11-13H2,1H3,(H2,19,20,21);1H. The second-order valence-electron chi connectivity index (χ2n) is 4.61. The second kappa shape index (κ2) is 11.1. The third kappa shape index (κ3) is 7.09. The van der Waals surface area contributed by atoms with Crippen molar-refractivity contribution in [1.29, 1.82) is 0 Å². The van der Waals surface area contributed by atoms with E-state index in [1.54, 1.807) is 7.05 Å². The third-order valence-corrected chi connectivity index (χ3v) is 3.40. The van der Waals surface area contributed by atoms with Crippen LogP contribution in [0.15, 0.2) is 59.6 Å². The zero-order valence-corrected chi connectivity index (χ0v) is 16.0. The highest BCUT2D eigenvalue weighted by atomic mass is 127.